The van der Waals surface area contributed by atoms with Crippen LogP contribution in [0.5, 0.6) is 0 Å². The standard InChI is InChI=1S/C11H10N2O2.W.Y/c1-13-6-8(11(12)15)10(14)7-4-2-3-5-9(7)13;;/h2-6H,1H3,(H2,12,15);;/p-1. The van der Waals surface area contributed by atoms with E-state index >= 15 is 0 Å². The van der Waals surface area contributed by atoms with Gasteiger partial charge in [-0.3, -0.25) is 4.79 Å². The first kappa shape index (κ1) is 16.7. The van der Waals surface area contributed by atoms with Crippen LogP contribution in [0.4, 0.5) is 0 Å². The van der Waals surface area contributed by atoms with Gasteiger partial charge in [0, 0.05) is 72.4 Å². The number of carbonyl (C=O) groups excluding carboxylic acids is 1. The minimum atomic E-state index is -0.943. The molecule has 0 fully saturated rings. The summed E-state index contributed by atoms with van der Waals surface area (Å²) in [7, 11) is 1.74. The molecule has 1 heterocycles. The van der Waals surface area contributed by atoms with E-state index in [1.807, 2.05) is 6.07 Å². The number of amides is 1. The van der Waals surface area contributed by atoms with Crippen LogP contribution in [0, 0.1) is 0 Å². The largest absolute Gasteiger partial charge is 0.663 e. The molecule has 1 amide bonds. The molecule has 0 saturated heterocycles. The zero-order valence-electron chi connectivity index (χ0n) is 9.14. The Morgan fingerprint density at radius 2 is 1.88 bits per heavy atom. The average Bonchev–Trinajstić information content (AvgIpc) is 2.23. The maximum absolute atomic E-state index is 11.8. The number of nitrogens with zero attached hydrogens (tertiary/aromatic N) is 1. The Morgan fingerprint density at radius 3 is 2.47 bits per heavy atom. The van der Waals surface area contributed by atoms with Gasteiger partial charge in [-0.15, -0.1) is 0 Å². The van der Waals surface area contributed by atoms with Gasteiger partial charge in [0.15, 0.2) is 5.43 Å². The Bertz CT molecular complexity index is 610. The molecular formula is C11H9N2O2WY-. The third-order valence-corrected chi connectivity index (χ3v) is 2.34. The zero-order valence-corrected chi connectivity index (χ0v) is 14.9. The topological polar surface area (TPSA) is 62.9 Å². The number of aromatic nitrogens is 1. The van der Waals surface area contributed by atoms with E-state index in [1.54, 1.807) is 29.8 Å². The number of benzene rings is 1. The molecular weight excluding hydrogens is 465 g/mol. The van der Waals surface area contributed by atoms with Crippen molar-refractivity contribution in [3.05, 3.63) is 52.0 Å². The van der Waals surface area contributed by atoms with Crippen LogP contribution in [-0.2, 0) is 60.8 Å². The third-order valence-electron chi connectivity index (χ3n) is 2.34. The van der Waals surface area contributed by atoms with E-state index < -0.39 is 5.91 Å². The quantitative estimate of drug-likeness (QED) is 0.633. The van der Waals surface area contributed by atoms with Gasteiger partial charge in [-0.1, -0.05) is 12.1 Å². The first-order valence-corrected chi connectivity index (χ1v) is 4.45. The molecule has 1 radical (unpaired) electrons. The molecule has 0 saturated carbocycles. The summed E-state index contributed by atoms with van der Waals surface area (Å²) in [5.41, 5.74) is 7.28. The second-order valence-electron chi connectivity index (χ2n) is 3.33. The Labute approximate surface area is 138 Å². The summed E-state index contributed by atoms with van der Waals surface area (Å²) in [6.45, 7) is 0. The number of para-hydroxylation sites is 1. The van der Waals surface area contributed by atoms with Crippen molar-refractivity contribution >= 4 is 16.8 Å². The number of rotatable bonds is 1. The Kier molecular flexibility index (Phi) is 6.46. The fourth-order valence-electron chi connectivity index (χ4n) is 1.60. The molecule has 0 aliphatic carbocycles. The van der Waals surface area contributed by atoms with E-state index in [2.05, 4.69) is 0 Å². The van der Waals surface area contributed by atoms with E-state index in [9.17, 15) is 9.59 Å². The summed E-state index contributed by atoms with van der Waals surface area (Å²) in [4.78, 5) is 22.7. The molecule has 0 unspecified atom stereocenters. The van der Waals surface area contributed by atoms with Gasteiger partial charge in [-0.05, 0) is 12.1 Å². The number of pyridine rings is 1. The molecule has 6 heteroatoms. The molecule has 1 N–H and O–H groups in total. The van der Waals surface area contributed by atoms with Gasteiger partial charge < -0.3 is 15.1 Å². The van der Waals surface area contributed by atoms with Crippen molar-refractivity contribution in [2.24, 2.45) is 7.05 Å². The average molecular weight is 474 g/mol. The summed E-state index contributed by atoms with van der Waals surface area (Å²) < 4.78 is 1.68. The third kappa shape index (κ3) is 3.12. The van der Waals surface area contributed by atoms with Crippen molar-refractivity contribution in [3.8, 4) is 0 Å². The molecule has 85 valence electrons. The monoisotopic (exact) mass is 474 g/mol. The van der Waals surface area contributed by atoms with Crippen LogP contribution in [0.15, 0.2) is 35.3 Å². The van der Waals surface area contributed by atoms with Crippen molar-refractivity contribution in [1.82, 2.24) is 4.57 Å². The van der Waals surface area contributed by atoms with Crippen molar-refractivity contribution in [2.75, 3.05) is 0 Å². The van der Waals surface area contributed by atoms with E-state index in [4.69, 9.17) is 5.73 Å². The Hall–Kier alpha value is -0.308. The van der Waals surface area contributed by atoms with Crippen LogP contribution >= 0.6 is 0 Å². The van der Waals surface area contributed by atoms with Crippen LogP contribution < -0.4 is 5.43 Å². The number of fused-ring (bicyclic) bond motifs is 1. The summed E-state index contributed by atoms with van der Waals surface area (Å²) in [6.07, 6.45) is 1.40. The van der Waals surface area contributed by atoms with Gasteiger partial charge in [0.25, 0.3) is 0 Å². The maximum atomic E-state index is 11.8. The van der Waals surface area contributed by atoms with Crippen molar-refractivity contribution in [1.29, 1.82) is 0 Å². The molecule has 0 atom stereocenters. The van der Waals surface area contributed by atoms with Gasteiger partial charge in [0.05, 0.1) is 17.0 Å². The van der Waals surface area contributed by atoms with Crippen molar-refractivity contribution < 1.29 is 58.6 Å². The number of nitrogens with one attached hydrogen (secondary N) is 1. The summed E-state index contributed by atoms with van der Waals surface area (Å²) in [6, 6.07) is 7.02. The van der Waals surface area contributed by atoms with Gasteiger partial charge in [-0.2, -0.15) is 0 Å². The van der Waals surface area contributed by atoms with E-state index in [-0.39, 0.29) is 64.8 Å². The molecule has 0 spiro atoms. The summed E-state index contributed by atoms with van der Waals surface area (Å²) in [5, 5.41) is 0.470. The molecule has 1 aromatic carbocycles. The zero-order chi connectivity index (χ0) is 11.0. The molecule has 0 aliphatic heterocycles. The SMILES string of the molecule is Cn1cc(C([NH-])=O)c(=O)c2ccccc21.[W].[Y]. The second kappa shape index (κ2) is 6.58. The first-order chi connectivity index (χ1) is 7.11. The minimum Gasteiger partial charge on any atom is -0.663 e. The molecule has 0 bridgehead atoms. The van der Waals surface area contributed by atoms with Crippen molar-refractivity contribution in [3.63, 3.8) is 0 Å². The fourth-order valence-corrected chi connectivity index (χ4v) is 1.60. The number of carbonyl (C=O) groups is 1. The van der Waals surface area contributed by atoms with Crippen LogP contribution in [-0.4, -0.2) is 10.5 Å². The number of hydrogen-bond donors (Lipinski definition) is 0. The van der Waals surface area contributed by atoms with Crippen LogP contribution in [0.3, 0.4) is 0 Å². The van der Waals surface area contributed by atoms with E-state index in [0.29, 0.717) is 5.39 Å². The second-order valence-corrected chi connectivity index (χ2v) is 3.33. The smallest absolute Gasteiger partial charge is 0.198 e. The van der Waals surface area contributed by atoms with Gasteiger partial charge in [0.1, 0.15) is 0 Å². The van der Waals surface area contributed by atoms with Crippen LogP contribution in [0.2, 0.25) is 0 Å². The van der Waals surface area contributed by atoms with Crippen molar-refractivity contribution in [2.45, 2.75) is 0 Å². The number of hydrogen-bond acceptors (Lipinski definition) is 2. The van der Waals surface area contributed by atoms with Gasteiger partial charge >= 0.3 is 0 Å². The molecule has 2 rings (SSSR count). The first-order valence-electron chi connectivity index (χ1n) is 4.45. The number of aryl methyl sites for hydroxylation is 1. The predicted octanol–water partition coefficient (Wildman–Crippen LogP) is 1.73. The minimum absolute atomic E-state index is 0. The van der Waals surface area contributed by atoms with Gasteiger partial charge in [0.2, 0.25) is 0 Å². The molecule has 1 aromatic heterocycles. The Morgan fingerprint density at radius 1 is 1.29 bits per heavy atom. The van der Waals surface area contributed by atoms with Crippen LogP contribution in [0.1, 0.15) is 10.4 Å². The Balaban J connectivity index is 0.00000128. The van der Waals surface area contributed by atoms with Crippen LogP contribution in [0.25, 0.3) is 16.6 Å². The van der Waals surface area contributed by atoms with E-state index in [0.717, 1.165) is 5.52 Å². The summed E-state index contributed by atoms with van der Waals surface area (Å²) >= 11 is 0. The summed E-state index contributed by atoms with van der Waals surface area (Å²) in [5.74, 6) is -0.943. The molecule has 2 aromatic rings. The fraction of sp³-hybridized carbons (Fsp3) is 0.0909. The van der Waals surface area contributed by atoms with Gasteiger partial charge in [-0.25, -0.2) is 0 Å². The molecule has 17 heavy (non-hydrogen) atoms. The predicted molar refractivity (Wildman–Crippen MR) is 57.8 cm³/mol. The normalized spacial score (nSPS) is 9.24. The maximum Gasteiger partial charge on any atom is 0.198 e. The molecule has 4 nitrogen and oxygen atoms in total. The molecule has 0 aliphatic rings. The van der Waals surface area contributed by atoms with E-state index in [1.165, 1.54) is 6.20 Å².